The molecule has 8 nitrogen and oxygen atoms in total. The average molecular weight is 477 g/mol. The second-order valence-corrected chi connectivity index (χ2v) is 12.0. The Labute approximate surface area is 153 Å². The first-order valence-corrected chi connectivity index (χ1v) is 13.6. The molecule has 0 saturated carbocycles. The molecule has 0 aliphatic carbocycles. The first-order valence-electron chi connectivity index (χ1n) is 8.02. The molecule has 2 radical (unpaired) electrons. The topological polar surface area (TPSA) is 73.8 Å². The summed E-state index contributed by atoms with van der Waals surface area (Å²) in [7, 11) is -6.32. The van der Waals surface area contributed by atoms with Gasteiger partial charge in [-0.3, -0.25) is 0 Å². The van der Waals surface area contributed by atoms with Crippen LogP contribution in [0.4, 0.5) is 0 Å². The summed E-state index contributed by atoms with van der Waals surface area (Å²) in [6.45, 7) is 13.9. The van der Waals surface area contributed by atoms with Crippen LogP contribution in [-0.4, -0.2) is 79.7 Å². The molecule has 0 amide bonds. The Hall–Kier alpha value is 0.912. The van der Waals surface area contributed by atoms with E-state index in [0.717, 1.165) is 0 Å². The number of rotatable bonds is 16. The Bertz CT molecular complexity index is 228. The van der Waals surface area contributed by atoms with Gasteiger partial charge in [0.2, 0.25) is 0 Å². The third kappa shape index (κ3) is 9.25. The van der Waals surface area contributed by atoms with E-state index in [1.54, 1.807) is 0 Å². The molecule has 23 heavy (non-hydrogen) atoms. The molecule has 0 rings (SSSR count). The van der Waals surface area contributed by atoms with Crippen LogP contribution in [0.3, 0.4) is 0 Å². The Balaban J connectivity index is 4.82. The van der Waals surface area contributed by atoms with Crippen molar-refractivity contribution in [2.45, 2.75) is 41.5 Å². The molecule has 0 aliphatic rings. The van der Waals surface area contributed by atoms with E-state index in [-0.39, 0.29) is 0 Å². The third-order valence-corrected chi connectivity index (χ3v) is 12.5. The minimum absolute atomic E-state index is 0.441. The van der Waals surface area contributed by atoms with Gasteiger partial charge in [0, 0.05) is 0 Å². The van der Waals surface area contributed by atoms with E-state index in [9.17, 15) is 0 Å². The van der Waals surface area contributed by atoms with Crippen molar-refractivity contribution in [1.82, 2.24) is 0 Å². The van der Waals surface area contributed by atoms with E-state index in [4.69, 9.17) is 32.1 Å². The normalized spacial score (nSPS) is 12.8. The molecular weight excluding hydrogens is 447 g/mol. The fraction of sp³-hybridized carbons (Fsp3) is 1.00. The van der Waals surface area contributed by atoms with Crippen molar-refractivity contribution in [2.24, 2.45) is 0 Å². The quantitative estimate of drug-likeness (QED) is 0.311. The van der Waals surface area contributed by atoms with Crippen LogP contribution in [-0.2, 0) is 32.1 Å². The van der Waals surface area contributed by atoms with Gasteiger partial charge in [-0.2, -0.15) is 0 Å². The molecule has 0 heterocycles. The summed E-state index contributed by atoms with van der Waals surface area (Å²) in [4.78, 5) is 0. The number of hydrogen-bond donors (Lipinski definition) is 0. The minimum atomic E-state index is -3.16. The maximum absolute atomic E-state index is 5.86. The van der Waals surface area contributed by atoms with Gasteiger partial charge in [0.05, 0.1) is 0 Å². The molecule has 0 saturated heterocycles. The van der Waals surface area contributed by atoms with Crippen molar-refractivity contribution >= 4 is 40.1 Å². The fourth-order valence-electron chi connectivity index (χ4n) is 1.61. The average Bonchev–Trinajstić information content (AvgIpc) is 2.49. The summed E-state index contributed by atoms with van der Waals surface area (Å²) in [6, 6.07) is 0. The molecule has 0 spiro atoms. The summed E-state index contributed by atoms with van der Waals surface area (Å²) < 4.78 is 45.5. The second kappa shape index (κ2) is 14.1. The zero-order valence-corrected chi connectivity index (χ0v) is 19.9. The summed E-state index contributed by atoms with van der Waals surface area (Å²) in [5.41, 5.74) is 0. The monoisotopic (exact) mass is 478 g/mol. The van der Waals surface area contributed by atoms with Crippen LogP contribution in [0.15, 0.2) is 0 Å². The van der Waals surface area contributed by atoms with Crippen LogP contribution >= 0.6 is 0 Å². The summed E-state index contributed by atoms with van der Waals surface area (Å²) in [5, 5.41) is 0. The van der Waals surface area contributed by atoms with Crippen LogP contribution in [0, 0.1) is 0 Å². The zero-order chi connectivity index (χ0) is 17.6. The summed E-state index contributed by atoms with van der Waals surface area (Å²) in [6.07, 6.45) is 0. The van der Waals surface area contributed by atoms with Crippen molar-refractivity contribution in [3.63, 3.8) is 0 Å². The van der Waals surface area contributed by atoms with E-state index in [1.165, 1.54) is 0 Å². The Morgan fingerprint density at radius 3 is 0.870 bits per heavy atom. The third-order valence-electron chi connectivity index (χ3n) is 2.26. The molecule has 138 valence electrons. The van der Waals surface area contributed by atoms with E-state index >= 15 is 0 Å². The Kier molecular flexibility index (Phi) is 14.7. The van der Waals surface area contributed by atoms with Gasteiger partial charge in [0.15, 0.2) is 0 Å². The van der Waals surface area contributed by atoms with Gasteiger partial charge >= 0.3 is 153 Å². The molecule has 0 aliphatic heterocycles. The SMILES string of the molecule is CCO[Si](OCC)(OCC)[O][Sn][O][Si](OCC)(OCC)OCC. The van der Waals surface area contributed by atoms with Gasteiger partial charge in [0.25, 0.3) is 0 Å². The molecule has 0 aromatic carbocycles. The van der Waals surface area contributed by atoms with Crippen LogP contribution in [0.25, 0.3) is 0 Å². The molecule has 0 aromatic heterocycles. The molecule has 11 heteroatoms. The van der Waals surface area contributed by atoms with Gasteiger partial charge < -0.3 is 0 Å². The Morgan fingerprint density at radius 1 is 0.478 bits per heavy atom. The van der Waals surface area contributed by atoms with E-state index in [1.807, 2.05) is 41.5 Å². The zero-order valence-electron chi connectivity index (χ0n) is 15.0. The van der Waals surface area contributed by atoms with Gasteiger partial charge in [-0.15, -0.1) is 0 Å². The van der Waals surface area contributed by atoms with Crippen molar-refractivity contribution < 1.29 is 32.1 Å². The van der Waals surface area contributed by atoms with E-state index in [2.05, 4.69) is 0 Å². The standard InChI is InChI=1S/2C6H15O4Si.Sn/c2*1-4-8-11(7,9-5-2)10-6-3;/h2*4-6H2,1-3H3;/q2*-1;+2. The molecule has 0 N–H and O–H groups in total. The van der Waals surface area contributed by atoms with Gasteiger partial charge in [-0.1, -0.05) is 0 Å². The van der Waals surface area contributed by atoms with Gasteiger partial charge in [0.1, 0.15) is 0 Å². The van der Waals surface area contributed by atoms with Crippen molar-refractivity contribution in [3.8, 4) is 0 Å². The predicted octanol–water partition coefficient (Wildman–Crippen LogP) is 1.64. The second-order valence-electron chi connectivity index (χ2n) is 3.89. The summed E-state index contributed by atoms with van der Waals surface area (Å²) >= 11 is -1.86. The van der Waals surface area contributed by atoms with Crippen LogP contribution in [0.1, 0.15) is 41.5 Å². The predicted molar refractivity (Wildman–Crippen MR) is 89.2 cm³/mol. The number of hydrogen-bond acceptors (Lipinski definition) is 8. The molecule has 0 unspecified atom stereocenters. The van der Waals surface area contributed by atoms with Crippen LogP contribution in [0.5, 0.6) is 0 Å². The molecule has 0 fully saturated rings. The van der Waals surface area contributed by atoms with Gasteiger partial charge in [-0.25, -0.2) is 0 Å². The van der Waals surface area contributed by atoms with Crippen molar-refractivity contribution in [2.75, 3.05) is 39.6 Å². The van der Waals surface area contributed by atoms with E-state index < -0.39 is 40.1 Å². The summed E-state index contributed by atoms with van der Waals surface area (Å²) in [5.74, 6) is 0. The van der Waals surface area contributed by atoms with Crippen LogP contribution < -0.4 is 0 Å². The van der Waals surface area contributed by atoms with Gasteiger partial charge in [-0.05, 0) is 0 Å². The van der Waals surface area contributed by atoms with Crippen molar-refractivity contribution in [1.29, 1.82) is 0 Å². The first-order chi connectivity index (χ1) is 11.1. The maximum atomic E-state index is 5.86. The Morgan fingerprint density at radius 2 is 0.696 bits per heavy atom. The molecule has 0 aromatic rings. The molecular formula is C12H30O8Si2Sn. The fourth-order valence-corrected chi connectivity index (χ4v) is 10.8. The van der Waals surface area contributed by atoms with E-state index in [0.29, 0.717) is 39.6 Å². The van der Waals surface area contributed by atoms with Crippen LogP contribution in [0.2, 0.25) is 0 Å². The molecule has 0 atom stereocenters. The first kappa shape index (κ1) is 23.9. The van der Waals surface area contributed by atoms with Crippen molar-refractivity contribution in [3.05, 3.63) is 0 Å². The molecule has 0 bridgehead atoms.